The molecule has 2 N–H and O–H groups in total. The highest BCUT2D eigenvalue weighted by molar-refractivity contribution is 5.78. The summed E-state index contributed by atoms with van der Waals surface area (Å²) in [6, 6.07) is 8.61. The molecule has 0 aromatic heterocycles. The van der Waals surface area contributed by atoms with Crippen LogP contribution in [0.15, 0.2) is 24.3 Å². The van der Waals surface area contributed by atoms with E-state index in [1.165, 1.54) is 56.3 Å². The Balaban J connectivity index is 1.56. The van der Waals surface area contributed by atoms with Crippen molar-refractivity contribution in [2.24, 2.45) is 5.92 Å². The quantitative estimate of drug-likeness (QED) is 0.857. The van der Waals surface area contributed by atoms with Gasteiger partial charge in [-0.25, -0.2) is 0 Å². The van der Waals surface area contributed by atoms with Gasteiger partial charge in [0.25, 0.3) is 0 Å². The standard InChI is InChI=1S/C19H28N2O/c22-19(16-8-2-1-3-9-16)20-14-17-10-4-5-11-18(17)15-21-12-6-7-13-21/h4-5,10-11,16H,1-3,6-9,12-15H2,(H,20,22)/p+1. The summed E-state index contributed by atoms with van der Waals surface area (Å²) in [5.41, 5.74) is 2.70. The second-order valence-electron chi connectivity index (χ2n) is 6.96. The zero-order valence-electron chi connectivity index (χ0n) is 13.6. The van der Waals surface area contributed by atoms with Gasteiger partial charge in [0.15, 0.2) is 0 Å². The molecule has 1 aliphatic carbocycles. The van der Waals surface area contributed by atoms with Gasteiger partial charge in [-0.1, -0.05) is 43.5 Å². The van der Waals surface area contributed by atoms with E-state index in [1.807, 2.05) is 0 Å². The van der Waals surface area contributed by atoms with E-state index in [4.69, 9.17) is 0 Å². The molecule has 22 heavy (non-hydrogen) atoms. The maximum Gasteiger partial charge on any atom is 0.223 e. The van der Waals surface area contributed by atoms with Crippen molar-refractivity contribution in [2.75, 3.05) is 13.1 Å². The van der Waals surface area contributed by atoms with Crippen molar-refractivity contribution in [1.29, 1.82) is 0 Å². The van der Waals surface area contributed by atoms with Crippen molar-refractivity contribution < 1.29 is 9.69 Å². The van der Waals surface area contributed by atoms with Gasteiger partial charge in [-0.3, -0.25) is 4.79 Å². The lowest BCUT2D eigenvalue weighted by Gasteiger charge is -2.21. The fourth-order valence-corrected chi connectivity index (χ4v) is 3.91. The van der Waals surface area contributed by atoms with Crippen LogP contribution in [0.5, 0.6) is 0 Å². The molecule has 1 saturated heterocycles. The van der Waals surface area contributed by atoms with Crippen LogP contribution >= 0.6 is 0 Å². The third-order valence-electron chi connectivity index (χ3n) is 5.30. The number of hydrogen-bond acceptors (Lipinski definition) is 1. The highest BCUT2D eigenvalue weighted by atomic mass is 16.1. The van der Waals surface area contributed by atoms with E-state index in [9.17, 15) is 4.79 Å². The molecule has 1 aliphatic heterocycles. The molecule has 1 aromatic rings. The summed E-state index contributed by atoms with van der Waals surface area (Å²) in [5.74, 6) is 0.521. The SMILES string of the molecule is O=C(NCc1ccccc1C[NH+]1CCCC1)C1CCCCC1. The largest absolute Gasteiger partial charge is 0.352 e. The zero-order chi connectivity index (χ0) is 15.2. The number of likely N-dealkylation sites (tertiary alicyclic amines) is 1. The number of benzene rings is 1. The molecule has 2 fully saturated rings. The lowest BCUT2D eigenvalue weighted by molar-refractivity contribution is -0.901. The summed E-state index contributed by atoms with van der Waals surface area (Å²) >= 11 is 0. The van der Waals surface area contributed by atoms with Gasteiger partial charge in [-0.05, 0) is 18.4 Å². The number of hydrogen-bond donors (Lipinski definition) is 2. The van der Waals surface area contributed by atoms with E-state index in [0.29, 0.717) is 6.54 Å². The Morgan fingerprint density at radius 1 is 1.00 bits per heavy atom. The minimum absolute atomic E-state index is 0.255. The molecule has 1 saturated carbocycles. The first-order valence-corrected chi connectivity index (χ1v) is 9.01. The first-order chi connectivity index (χ1) is 10.8. The van der Waals surface area contributed by atoms with Crippen molar-refractivity contribution in [3.05, 3.63) is 35.4 Å². The number of carbonyl (C=O) groups is 1. The van der Waals surface area contributed by atoms with E-state index in [0.717, 1.165) is 19.4 Å². The van der Waals surface area contributed by atoms with Gasteiger partial charge in [-0.15, -0.1) is 0 Å². The van der Waals surface area contributed by atoms with Crippen LogP contribution in [0.3, 0.4) is 0 Å². The minimum Gasteiger partial charge on any atom is -0.352 e. The lowest BCUT2D eigenvalue weighted by atomic mass is 9.88. The normalized spacial score (nSPS) is 20.2. The van der Waals surface area contributed by atoms with Crippen molar-refractivity contribution in [1.82, 2.24) is 5.32 Å². The van der Waals surface area contributed by atoms with Crippen LogP contribution in [0.4, 0.5) is 0 Å². The number of amides is 1. The van der Waals surface area contributed by atoms with Crippen LogP contribution < -0.4 is 10.2 Å². The Bertz CT molecular complexity index is 488. The summed E-state index contributed by atoms with van der Waals surface area (Å²) in [7, 11) is 0. The van der Waals surface area contributed by atoms with E-state index in [-0.39, 0.29) is 11.8 Å². The van der Waals surface area contributed by atoms with Gasteiger partial charge in [0.2, 0.25) is 5.91 Å². The molecule has 0 unspecified atom stereocenters. The summed E-state index contributed by atoms with van der Waals surface area (Å²) in [6.07, 6.45) is 8.59. The van der Waals surface area contributed by atoms with E-state index in [1.54, 1.807) is 4.90 Å². The second kappa shape index (κ2) is 7.77. The van der Waals surface area contributed by atoms with Crippen molar-refractivity contribution >= 4 is 5.91 Å². The van der Waals surface area contributed by atoms with Crippen LogP contribution in [-0.4, -0.2) is 19.0 Å². The lowest BCUT2D eigenvalue weighted by Crippen LogP contribution is -3.08. The molecule has 1 aromatic carbocycles. The third kappa shape index (κ3) is 4.10. The van der Waals surface area contributed by atoms with Crippen molar-refractivity contribution in [3.8, 4) is 0 Å². The molecular weight excluding hydrogens is 272 g/mol. The molecule has 120 valence electrons. The second-order valence-corrected chi connectivity index (χ2v) is 6.96. The smallest absolute Gasteiger partial charge is 0.223 e. The Morgan fingerprint density at radius 3 is 2.41 bits per heavy atom. The molecule has 0 atom stereocenters. The number of quaternary nitrogens is 1. The zero-order valence-corrected chi connectivity index (χ0v) is 13.6. The molecule has 3 rings (SSSR count). The highest BCUT2D eigenvalue weighted by Crippen LogP contribution is 2.23. The predicted octanol–water partition coefficient (Wildman–Crippen LogP) is 2.06. The fourth-order valence-electron chi connectivity index (χ4n) is 3.91. The molecule has 3 nitrogen and oxygen atoms in total. The first kappa shape index (κ1) is 15.5. The molecule has 0 spiro atoms. The van der Waals surface area contributed by atoms with Gasteiger partial charge in [0, 0.05) is 30.9 Å². The van der Waals surface area contributed by atoms with E-state index in [2.05, 4.69) is 29.6 Å². The summed E-state index contributed by atoms with van der Waals surface area (Å²) in [5, 5.41) is 3.19. The van der Waals surface area contributed by atoms with E-state index >= 15 is 0 Å². The van der Waals surface area contributed by atoms with Crippen molar-refractivity contribution in [2.45, 2.75) is 58.0 Å². The number of carbonyl (C=O) groups excluding carboxylic acids is 1. The monoisotopic (exact) mass is 301 g/mol. The Morgan fingerprint density at radius 2 is 1.68 bits per heavy atom. The van der Waals surface area contributed by atoms with Gasteiger partial charge in [0.1, 0.15) is 6.54 Å². The fraction of sp³-hybridized carbons (Fsp3) is 0.632. The molecular formula is C19H29N2O+. The molecule has 0 bridgehead atoms. The first-order valence-electron chi connectivity index (χ1n) is 9.01. The van der Waals surface area contributed by atoms with Gasteiger partial charge in [-0.2, -0.15) is 0 Å². The van der Waals surface area contributed by atoms with Gasteiger partial charge < -0.3 is 10.2 Å². The third-order valence-corrected chi connectivity index (χ3v) is 5.30. The van der Waals surface area contributed by atoms with Crippen LogP contribution in [0.25, 0.3) is 0 Å². The minimum atomic E-state index is 0.255. The maximum absolute atomic E-state index is 12.3. The average molecular weight is 301 g/mol. The van der Waals surface area contributed by atoms with Gasteiger partial charge in [0.05, 0.1) is 13.1 Å². The topological polar surface area (TPSA) is 33.5 Å². The van der Waals surface area contributed by atoms with Gasteiger partial charge >= 0.3 is 0 Å². The molecule has 0 radical (unpaired) electrons. The van der Waals surface area contributed by atoms with Crippen LogP contribution in [0.2, 0.25) is 0 Å². The van der Waals surface area contributed by atoms with Crippen LogP contribution in [0, 0.1) is 5.92 Å². The van der Waals surface area contributed by atoms with Crippen LogP contribution in [-0.2, 0) is 17.9 Å². The molecule has 3 heteroatoms. The number of rotatable bonds is 5. The summed E-state index contributed by atoms with van der Waals surface area (Å²) in [4.78, 5) is 14.0. The van der Waals surface area contributed by atoms with E-state index < -0.39 is 0 Å². The molecule has 2 aliphatic rings. The molecule has 1 heterocycles. The average Bonchev–Trinajstić information content (AvgIpc) is 3.07. The Hall–Kier alpha value is -1.35. The predicted molar refractivity (Wildman–Crippen MR) is 88.5 cm³/mol. The highest BCUT2D eigenvalue weighted by Gasteiger charge is 2.21. The summed E-state index contributed by atoms with van der Waals surface area (Å²) < 4.78 is 0. The summed E-state index contributed by atoms with van der Waals surface area (Å²) in [6.45, 7) is 4.39. The molecule has 1 amide bonds. The Kier molecular flexibility index (Phi) is 5.49. The van der Waals surface area contributed by atoms with Crippen LogP contribution in [0.1, 0.15) is 56.1 Å². The Labute approximate surface area is 134 Å². The number of nitrogens with one attached hydrogen (secondary N) is 2. The van der Waals surface area contributed by atoms with Crippen molar-refractivity contribution in [3.63, 3.8) is 0 Å². The maximum atomic E-state index is 12.3.